The number of rotatable bonds is 4. The van der Waals surface area contributed by atoms with E-state index >= 15 is 0 Å². The van der Waals surface area contributed by atoms with Gasteiger partial charge in [-0.3, -0.25) is 0 Å². The van der Waals surface area contributed by atoms with E-state index in [1.165, 1.54) is 0 Å². The predicted molar refractivity (Wildman–Crippen MR) is 53.4 cm³/mol. The van der Waals surface area contributed by atoms with Crippen LogP contribution in [0.3, 0.4) is 0 Å². The second-order valence-electron chi connectivity index (χ2n) is 3.50. The highest BCUT2D eigenvalue weighted by Gasteiger charge is 2.11. The summed E-state index contributed by atoms with van der Waals surface area (Å²) in [5.74, 6) is 1.06. The van der Waals surface area contributed by atoms with Gasteiger partial charge in [0.15, 0.2) is 5.82 Å². The van der Waals surface area contributed by atoms with Gasteiger partial charge in [0.1, 0.15) is 12.2 Å². The van der Waals surface area contributed by atoms with Gasteiger partial charge in [0.05, 0.1) is 12.3 Å². The third kappa shape index (κ3) is 2.25. The SMILES string of the molecule is CCC(O)c1cn(Cc2nc(C)no2)nn1. The molecule has 0 radical (unpaired) electrons. The fraction of sp³-hybridized carbons (Fsp3) is 0.556. The highest BCUT2D eigenvalue weighted by Crippen LogP contribution is 2.12. The molecule has 2 heterocycles. The first-order chi connectivity index (χ1) is 7.69. The molecule has 0 aliphatic carbocycles. The van der Waals surface area contributed by atoms with Gasteiger partial charge >= 0.3 is 0 Å². The summed E-state index contributed by atoms with van der Waals surface area (Å²) in [6.45, 7) is 4.00. The van der Waals surface area contributed by atoms with Crippen molar-refractivity contribution in [2.75, 3.05) is 0 Å². The molecular weight excluding hydrogens is 210 g/mol. The van der Waals surface area contributed by atoms with E-state index in [1.54, 1.807) is 17.8 Å². The molecule has 7 heteroatoms. The van der Waals surface area contributed by atoms with Crippen molar-refractivity contribution in [1.29, 1.82) is 0 Å². The first-order valence-corrected chi connectivity index (χ1v) is 5.06. The lowest BCUT2D eigenvalue weighted by molar-refractivity contribution is 0.168. The van der Waals surface area contributed by atoms with Crippen molar-refractivity contribution in [1.82, 2.24) is 25.1 Å². The van der Waals surface area contributed by atoms with Crippen LogP contribution in [0, 0.1) is 6.92 Å². The van der Waals surface area contributed by atoms with E-state index in [9.17, 15) is 5.11 Å². The van der Waals surface area contributed by atoms with Gasteiger partial charge in [-0.2, -0.15) is 4.98 Å². The Bertz CT molecular complexity index is 464. The summed E-state index contributed by atoms with van der Waals surface area (Å²) in [6.07, 6.45) is 1.71. The highest BCUT2D eigenvalue weighted by atomic mass is 16.5. The Morgan fingerprint density at radius 1 is 1.56 bits per heavy atom. The zero-order valence-electron chi connectivity index (χ0n) is 9.16. The Labute approximate surface area is 92.1 Å². The van der Waals surface area contributed by atoms with Gasteiger partial charge in [0, 0.05) is 0 Å². The lowest BCUT2D eigenvalue weighted by Gasteiger charge is -1.99. The zero-order valence-corrected chi connectivity index (χ0v) is 9.16. The van der Waals surface area contributed by atoms with Gasteiger partial charge in [0.2, 0.25) is 5.89 Å². The molecule has 0 saturated carbocycles. The minimum Gasteiger partial charge on any atom is -0.387 e. The van der Waals surface area contributed by atoms with E-state index in [1.807, 2.05) is 6.92 Å². The quantitative estimate of drug-likeness (QED) is 0.809. The van der Waals surface area contributed by atoms with Gasteiger partial charge in [-0.25, -0.2) is 4.68 Å². The lowest BCUT2D eigenvalue weighted by atomic mass is 10.2. The molecule has 2 rings (SSSR count). The van der Waals surface area contributed by atoms with E-state index in [0.29, 0.717) is 30.4 Å². The van der Waals surface area contributed by atoms with Crippen molar-refractivity contribution in [3.05, 3.63) is 23.6 Å². The van der Waals surface area contributed by atoms with E-state index in [4.69, 9.17) is 4.52 Å². The molecule has 0 aromatic carbocycles. The van der Waals surface area contributed by atoms with Crippen LogP contribution in [0.15, 0.2) is 10.7 Å². The van der Waals surface area contributed by atoms with Crippen molar-refractivity contribution in [2.45, 2.75) is 32.9 Å². The summed E-state index contributed by atoms with van der Waals surface area (Å²) in [5, 5.41) is 21.0. The van der Waals surface area contributed by atoms with Crippen molar-refractivity contribution in [3.8, 4) is 0 Å². The fourth-order valence-electron chi connectivity index (χ4n) is 1.30. The van der Waals surface area contributed by atoms with Crippen molar-refractivity contribution < 1.29 is 9.63 Å². The Hall–Kier alpha value is -1.76. The molecule has 0 fully saturated rings. The minimum atomic E-state index is -0.571. The number of nitrogens with zero attached hydrogens (tertiary/aromatic N) is 5. The molecule has 86 valence electrons. The van der Waals surface area contributed by atoms with Gasteiger partial charge in [-0.15, -0.1) is 5.10 Å². The zero-order chi connectivity index (χ0) is 11.5. The molecule has 0 spiro atoms. The predicted octanol–water partition coefficient (Wildman–Crippen LogP) is 0.461. The van der Waals surface area contributed by atoms with Crippen molar-refractivity contribution >= 4 is 0 Å². The molecule has 0 bridgehead atoms. The summed E-state index contributed by atoms with van der Waals surface area (Å²) in [7, 11) is 0. The Balaban J connectivity index is 2.08. The number of aliphatic hydroxyl groups excluding tert-OH is 1. The first kappa shape index (κ1) is 10.7. The van der Waals surface area contributed by atoms with Crippen LogP contribution >= 0.6 is 0 Å². The second-order valence-corrected chi connectivity index (χ2v) is 3.50. The number of hydrogen-bond donors (Lipinski definition) is 1. The largest absolute Gasteiger partial charge is 0.387 e. The van der Waals surface area contributed by atoms with Gasteiger partial charge in [-0.1, -0.05) is 17.3 Å². The van der Waals surface area contributed by atoms with Crippen LogP contribution in [-0.2, 0) is 6.54 Å². The first-order valence-electron chi connectivity index (χ1n) is 5.06. The van der Waals surface area contributed by atoms with Crippen LogP contribution in [0.1, 0.15) is 36.9 Å². The van der Waals surface area contributed by atoms with Crippen molar-refractivity contribution in [3.63, 3.8) is 0 Å². The van der Waals surface area contributed by atoms with Crippen LogP contribution in [0.25, 0.3) is 0 Å². The Kier molecular flexibility index (Phi) is 2.95. The fourth-order valence-corrected chi connectivity index (χ4v) is 1.30. The Morgan fingerprint density at radius 3 is 3.00 bits per heavy atom. The number of aromatic nitrogens is 5. The van der Waals surface area contributed by atoms with Crippen LogP contribution in [0.5, 0.6) is 0 Å². The van der Waals surface area contributed by atoms with Crippen LogP contribution in [0.4, 0.5) is 0 Å². The summed E-state index contributed by atoms with van der Waals surface area (Å²) < 4.78 is 6.51. The Morgan fingerprint density at radius 2 is 2.38 bits per heavy atom. The molecule has 0 aliphatic rings. The number of hydrogen-bond acceptors (Lipinski definition) is 6. The number of aliphatic hydroxyl groups is 1. The molecule has 7 nitrogen and oxygen atoms in total. The standard InChI is InChI=1S/C9H13N5O2/c1-3-8(15)7-4-14(13-11-7)5-9-10-6(2)12-16-9/h4,8,15H,3,5H2,1-2H3. The van der Waals surface area contributed by atoms with E-state index in [-0.39, 0.29) is 0 Å². The van der Waals surface area contributed by atoms with E-state index in [0.717, 1.165) is 0 Å². The van der Waals surface area contributed by atoms with Gasteiger partial charge in [-0.05, 0) is 13.3 Å². The van der Waals surface area contributed by atoms with Gasteiger partial charge < -0.3 is 9.63 Å². The second kappa shape index (κ2) is 4.40. The molecule has 0 aliphatic heterocycles. The maximum atomic E-state index is 9.55. The van der Waals surface area contributed by atoms with Gasteiger partial charge in [0.25, 0.3) is 0 Å². The average molecular weight is 223 g/mol. The summed E-state index contributed by atoms with van der Waals surface area (Å²) in [5.41, 5.74) is 0.554. The molecule has 2 aromatic heterocycles. The molecular formula is C9H13N5O2. The lowest BCUT2D eigenvalue weighted by Crippen LogP contribution is -2.00. The maximum absolute atomic E-state index is 9.55. The van der Waals surface area contributed by atoms with Crippen LogP contribution in [-0.4, -0.2) is 30.2 Å². The monoisotopic (exact) mass is 223 g/mol. The van der Waals surface area contributed by atoms with Crippen LogP contribution in [0.2, 0.25) is 0 Å². The summed E-state index contributed by atoms with van der Waals surface area (Å²) in [4.78, 5) is 4.05. The van der Waals surface area contributed by atoms with E-state index < -0.39 is 6.10 Å². The third-order valence-corrected chi connectivity index (χ3v) is 2.15. The molecule has 1 unspecified atom stereocenters. The van der Waals surface area contributed by atoms with E-state index in [2.05, 4.69) is 20.5 Å². The highest BCUT2D eigenvalue weighted by molar-refractivity contribution is 4.97. The smallest absolute Gasteiger partial charge is 0.248 e. The summed E-state index contributed by atoms with van der Waals surface area (Å²) in [6, 6.07) is 0. The minimum absolute atomic E-state index is 0.365. The summed E-state index contributed by atoms with van der Waals surface area (Å²) >= 11 is 0. The molecule has 1 atom stereocenters. The van der Waals surface area contributed by atoms with Crippen LogP contribution < -0.4 is 0 Å². The average Bonchev–Trinajstić information content (AvgIpc) is 2.87. The topological polar surface area (TPSA) is 89.9 Å². The van der Waals surface area contributed by atoms with Crippen molar-refractivity contribution in [2.24, 2.45) is 0 Å². The molecule has 16 heavy (non-hydrogen) atoms. The molecule has 1 N–H and O–H groups in total. The molecule has 2 aromatic rings. The molecule has 0 amide bonds. The third-order valence-electron chi connectivity index (χ3n) is 2.15. The normalized spacial score (nSPS) is 12.9. The molecule has 0 saturated heterocycles. The maximum Gasteiger partial charge on any atom is 0.248 e. The number of aryl methyl sites for hydroxylation is 1.